The lowest BCUT2D eigenvalue weighted by atomic mass is 10.0. The number of hydrogen-bond donors (Lipinski definition) is 1. The average Bonchev–Trinajstić information content (AvgIpc) is 3.05. The Balaban J connectivity index is 1.83. The zero-order valence-electron chi connectivity index (χ0n) is 12.4. The normalized spacial score (nSPS) is 24.1. The molecule has 0 spiro atoms. The third-order valence-electron chi connectivity index (χ3n) is 4.61. The summed E-state index contributed by atoms with van der Waals surface area (Å²) in [6, 6.07) is 3.13. The first-order valence-electron chi connectivity index (χ1n) is 7.82. The van der Waals surface area contributed by atoms with Gasteiger partial charge in [-0.2, -0.15) is 0 Å². The zero-order valence-corrected chi connectivity index (χ0v) is 12.4. The SMILES string of the molecule is CCCNc1cc([N+](=O)[O-])cc(N2CC3CCCC3C2)n1. The highest BCUT2D eigenvalue weighted by molar-refractivity contribution is 5.56. The summed E-state index contributed by atoms with van der Waals surface area (Å²) in [6.45, 7) is 4.82. The molecule has 21 heavy (non-hydrogen) atoms. The fraction of sp³-hybridized carbons (Fsp3) is 0.667. The smallest absolute Gasteiger partial charge is 0.276 e. The van der Waals surface area contributed by atoms with Gasteiger partial charge < -0.3 is 10.2 Å². The average molecular weight is 290 g/mol. The maximum atomic E-state index is 11.1. The van der Waals surface area contributed by atoms with Gasteiger partial charge in [0.2, 0.25) is 0 Å². The lowest BCUT2D eigenvalue weighted by molar-refractivity contribution is -0.384. The molecule has 1 aliphatic heterocycles. The Bertz CT molecular complexity index is 522. The maximum Gasteiger partial charge on any atom is 0.276 e. The van der Waals surface area contributed by atoms with Crippen molar-refractivity contribution < 1.29 is 4.92 Å². The molecule has 6 nitrogen and oxygen atoms in total. The highest BCUT2D eigenvalue weighted by Crippen LogP contribution is 2.39. The number of rotatable bonds is 5. The number of hydrogen-bond acceptors (Lipinski definition) is 5. The van der Waals surface area contributed by atoms with Gasteiger partial charge in [0.25, 0.3) is 5.69 Å². The van der Waals surface area contributed by atoms with Crippen LogP contribution in [-0.4, -0.2) is 29.5 Å². The van der Waals surface area contributed by atoms with Gasteiger partial charge in [0.1, 0.15) is 11.6 Å². The molecule has 1 saturated heterocycles. The van der Waals surface area contributed by atoms with Crippen molar-refractivity contribution in [3.63, 3.8) is 0 Å². The molecule has 2 atom stereocenters. The van der Waals surface area contributed by atoms with Gasteiger partial charge in [0.15, 0.2) is 0 Å². The van der Waals surface area contributed by atoms with Gasteiger partial charge in [-0.1, -0.05) is 13.3 Å². The van der Waals surface area contributed by atoms with E-state index in [0.717, 1.165) is 43.7 Å². The standard InChI is InChI=1S/C15H22N4O2/c1-2-6-16-14-7-13(19(20)21)8-15(17-14)18-9-11-4-3-5-12(11)10-18/h7-8,11-12H,2-6,9-10H2,1H3,(H,16,17). The van der Waals surface area contributed by atoms with Crippen LogP contribution in [0.3, 0.4) is 0 Å². The first kappa shape index (κ1) is 14.1. The summed E-state index contributed by atoms with van der Waals surface area (Å²) in [6.07, 6.45) is 4.87. The molecule has 1 saturated carbocycles. The lowest BCUT2D eigenvalue weighted by Gasteiger charge is -2.19. The van der Waals surface area contributed by atoms with Gasteiger partial charge in [-0.3, -0.25) is 10.1 Å². The molecule has 0 aromatic carbocycles. The van der Waals surface area contributed by atoms with E-state index in [1.807, 2.05) is 0 Å². The van der Waals surface area contributed by atoms with Crippen LogP contribution in [0.15, 0.2) is 12.1 Å². The van der Waals surface area contributed by atoms with Gasteiger partial charge >= 0.3 is 0 Å². The predicted molar refractivity (Wildman–Crippen MR) is 82.7 cm³/mol. The Labute approximate surface area is 124 Å². The molecule has 0 amide bonds. The second-order valence-electron chi connectivity index (χ2n) is 6.11. The zero-order chi connectivity index (χ0) is 14.8. The van der Waals surface area contributed by atoms with Gasteiger partial charge in [0, 0.05) is 19.6 Å². The summed E-state index contributed by atoms with van der Waals surface area (Å²) in [7, 11) is 0. The number of nitrogens with one attached hydrogen (secondary N) is 1. The monoisotopic (exact) mass is 290 g/mol. The first-order chi connectivity index (χ1) is 10.2. The van der Waals surface area contributed by atoms with E-state index in [9.17, 15) is 10.1 Å². The van der Waals surface area contributed by atoms with E-state index in [4.69, 9.17) is 0 Å². The molecule has 2 aliphatic rings. The van der Waals surface area contributed by atoms with E-state index in [2.05, 4.69) is 22.1 Å². The van der Waals surface area contributed by atoms with Crippen molar-refractivity contribution in [3.8, 4) is 0 Å². The van der Waals surface area contributed by atoms with E-state index in [0.29, 0.717) is 5.82 Å². The summed E-state index contributed by atoms with van der Waals surface area (Å²) >= 11 is 0. The van der Waals surface area contributed by atoms with E-state index < -0.39 is 0 Å². The molecule has 2 unspecified atom stereocenters. The van der Waals surface area contributed by atoms with E-state index in [1.54, 1.807) is 6.07 Å². The maximum absolute atomic E-state index is 11.1. The van der Waals surface area contributed by atoms with Crippen LogP contribution >= 0.6 is 0 Å². The van der Waals surface area contributed by atoms with Crippen LogP contribution < -0.4 is 10.2 Å². The molecule has 1 N–H and O–H groups in total. The van der Waals surface area contributed by atoms with Gasteiger partial charge in [-0.15, -0.1) is 0 Å². The molecule has 2 heterocycles. The fourth-order valence-corrected chi connectivity index (χ4v) is 3.54. The third kappa shape index (κ3) is 2.94. The van der Waals surface area contributed by atoms with E-state index in [1.165, 1.54) is 25.3 Å². The number of aromatic nitrogens is 1. The second-order valence-corrected chi connectivity index (χ2v) is 6.11. The molecule has 3 rings (SSSR count). The van der Waals surface area contributed by atoms with Gasteiger partial charge in [0.05, 0.1) is 17.1 Å². The van der Waals surface area contributed by atoms with Crippen molar-refractivity contribution in [2.45, 2.75) is 32.6 Å². The molecule has 6 heteroatoms. The Hall–Kier alpha value is -1.85. The Morgan fingerprint density at radius 3 is 2.71 bits per heavy atom. The van der Waals surface area contributed by atoms with E-state index >= 15 is 0 Å². The Morgan fingerprint density at radius 2 is 2.10 bits per heavy atom. The number of anilines is 2. The topological polar surface area (TPSA) is 71.3 Å². The number of nitro groups is 1. The molecule has 114 valence electrons. The molecule has 1 aromatic heterocycles. The van der Waals surface area contributed by atoms with Crippen molar-refractivity contribution in [2.75, 3.05) is 29.9 Å². The Kier molecular flexibility index (Phi) is 3.94. The highest BCUT2D eigenvalue weighted by atomic mass is 16.6. The predicted octanol–water partition coefficient (Wildman–Crippen LogP) is 3.05. The third-order valence-corrected chi connectivity index (χ3v) is 4.61. The van der Waals surface area contributed by atoms with Crippen LogP contribution in [0.4, 0.5) is 17.3 Å². The number of fused-ring (bicyclic) bond motifs is 1. The molecular formula is C15H22N4O2. The van der Waals surface area contributed by atoms with Crippen LogP contribution in [0, 0.1) is 22.0 Å². The molecule has 1 aliphatic carbocycles. The Morgan fingerprint density at radius 1 is 1.38 bits per heavy atom. The van der Waals surface area contributed by atoms with Gasteiger partial charge in [-0.25, -0.2) is 4.98 Å². The molecule has 0 radical (unpaired) electrons. The molecule has 2 fully saturated rings. The molecular weight excluding hydrogens is 268 g/mol. The highest BCUT2D eigenvalue weighted by Gasteiger charge is 2.37. The summed E-state index contributed by atoms with van der Waals surface area (Å²) < 4.78 is 0. The summed E-state index contributed by atoms with van der Waals surface area (Å²) in [5, 5.41) is 14.3. The van der Waals surface area contributed by atoms with E-state index in [-0.39, 0.29) is 10.6 Å². The van der Waals surface area contributed by atoms with Crippen molar-refractivity contribution in [1.29, 1.82) is 0 Å². The van der Waals surface area contributed by atoms with Gasteiger partial charge in [-0.05, 0) is 31.1 Å². The van der Waals surface area contributed by atoms with Crippen LogP contribution in [0.2, 0.25) is 0 Å². The number of pyridine rings is 1. The second kappa shape index (κ2) is 5.87. The summed E-state index contributed by atoms with van der Waals surface area (Å²) in [5.41, 5.74) is 0.121. The quantitative estimate of drug-likeness (QED) is 0.666. The van der Waals surface area contributed by atoms with Crippen molar-refractivity contribution in [1.82, 2.24) is 4.98 Å². The lowest BCUT2D eigenvalue weighted by Crippen LogP contribution is -2.22. The first-order valence-corrected chi connectivity index (χ1v) is 7.82. The number of nitrogens with zero attached hydrogens (tertiary/aromatic N) is 3. The van der Waals surface area contributed by atoms with Crippen LogP contribution in [0.25, 0.3) is 0 Å². The minimum absolute atomic E-state index is 0.121. The van der Waals surface area contributed by atoms with Crippen molar-refractivity contribution in [2.24, 2.45) is 11.8 Å². The van der Waals surface area contributed by atoms with Crippen LogP contribution in [0.5, 0.6) is 0 Å². The largest absolute Gasteiger partial charge is 0.370 e. The van der Waals surface area contributed by atoms with Crippen molar-refractivity contribution in [3.05, 3.63) is 22.2 Å². The van der Waals surface area contributed by atoms with Crippen LogP contribution in [0.1, 0.15) is 32.6 Å². The molecule has 1 aromatic rings. The minimum atomic E-state index is -0.334. The fourth-order valence-electron chi connectivity index (χ4n) is 3.54. The summed E-state index contributed by atoms with van der Waals surface area (Å²) in [4.78, 5) is 17.6. The minimum Gasteiger partial charge on any atom is -0.370 e. The molecule has 0 bridgehead atoms. The van der Waals surface area contributed by atoms with Crippen molar-refractivity contribution >= 4 is 17.3 Å². The summed E-state index contributed by atoms with van der Waals surface area (Å²) in [5.74, 6) is 2.85. The van der Waals surface area contributed by atoms with Crippen LogP contribution in [-0.2, 0) is 0 Å².